The number of nitrogens with zero attached hydrogens (tertiary/aromatic N) is 2. The number of benzene rings is 2. The van der Waals surface area contributed by atoms with Gasteiger partial charge in [0.15, 0.2) is 24.1 Å². The zero-order chi connectivity index (χ0) is 23.6. The topological polar surface area (TPSA) is 49.9 Å². The highest BCUT2D eigenvalue weighted by Gasteiger charge is 2.28. The zero-order valence-electron chi connectivity index (χ0n) is 18.7. The van der Waals surface area contributed by atoms with E-state index in [0.717, 1.165) is 23.3 Å². The molecule has 0 atom stereocenters. The van der Waals surface area contributed by atoms with Crippen molar-refractivity contribution in [2.45, 2.75) is 33.1 Å². The number of hydrogen-bond donors (Lipinski definition) is 0. The number of aryl methyl sites for hydroxylation is 1. The fraction of sp³-hybridized carbons (Fsp3) is 0.417. The third kappa shape index (κ3) is 5.06. The molecule has 1 heterocycles. The van der Waals surface area contributed by atoms with Crippen LogP contribution in [0.4, 0.5) is 13.2 Å². The largest absolute Gasteiger partial charge is 0.483 e. The van der Waals surface area contributed by atoms with E-state index in [1.807, 2.05) is 25.1 Å². The predicted octanol–water partition coefficient (Wildman–Crippen LogP) is 4.07. The van der Waals surface area contributed by atoms with E-state index in [0.29, 0.717) is 5.75 Å². The lowest BCUT2D eigenvalue weighted by atomic mass is 9.85. The Hall–Kier alpha value is -3.03. The van der Waals surface area contributed by atoms with Crippen molar-refractivity contribution in [2.75, 3.05) is 32.8 Å². The summed E-state index contributed by atoms with van der Waals surface area (Å²) in [7, 11) is 0. The van der Waals surface area contributed by atoms with Crippen molar-refractivity contribution in [3.8, 4) is 5.75 Å². The molecule has 1 aliphatic heterocycles. The normalized spacial score (nSPS) is 14.5. The van der Waals surface area contributed by atoms with Crippen molar-refractivity contribution < 1.29 is 27.5 Å². The van der Waals surface area contributed by atoms with Crippen molar-refractivity contribution in [1.29, 1.82) is 0 Å². The number of halogens is 3. The Labute approximate surface area is 185 Å². The maximum atomic E-state index is 13.9. The van der Waals surface area contributed by atoms with Gasteiger partial charge in [0.25, 0.3) is 11.8 Å². The first kappa shape index (κ1) is 23.6. The summed E-state index contributed by atoms with van der Waals surface area (Å²) < 4.78 is 46.3. The van der Waals surface area contributed by atoms with Crippen LogP contribution in [0.2, 0.25) is 0 Å². The number of piperazine rings is 1. The summed E-state index contributed by atoms with van der Waals surface area (Å²) in [5.41, 5.74) is 1.44. The van der Waals surface area contributed by atoms with E-state index in [2.05, 4.69) is 20.8 Å². The fourth-order valence-electron chi connectivity index (χ4n) is 3.61. The number of amides is 2. The quantitative estimate of drug-likeness (QED) is 0.663. The van der Waals surface area contributed by atoms with Crippen LogP contribution < -0.4 is 4.74 Å². The number of carbonyl (C=O) groups excluding carboxylic acids is 2. The van der Waals surface area contributed by atoms with Crippen LogP contribution in [-0.2, 0) is 10.2 Å². The van der Waals surface area contributed by atoms with Crippen LogP contribution in [0.5, 0.6) is 5.75 Å². The maximum Gasteiger partial charge on any atom is 0.260 e. The first-order valence-electron chi connectivity index (χ1n) is 10.4. The lowest BCUT2D eigenvalue weighted by Gasteiger charge is -2.35. The smallest absolute Gasteiger partial charge is 0.260 e. The van der Waals surface area contributed by atoms with Gasteiger partial charge in [-0.2, -0.15) is 0 Å². The molecule has 1 aliphatic rings. The Morgan fingerprint density at radius 1 is 0.938 bits per heavy atom. The summed E-state index contributed by atoms with van der Waals surface area (Å²) >= 11 is 0. The van der Waals surface area contributed by atoms with Crippen LogP contribution in [-0.4, -0.2) is 54.4 Å². The molecule has 0 saturated carbocycles. The average Bonchev–Trinajstić information content (AvgIpc) is 2.75. The summed E-state index contributed by atoms with van der Waals surface area (Å²) in [5.74, 6) is -4.84. The Kier molecular flexibility index (Phi) is 6.81. The van der Waals surface area contributed by atoms with Crippen molar-refractivity contribution in [1.82, 2.24) is 9.80 Å². The molecule has 0 bridgehead atoms. The van der Waals surface area contributed by atoms with Crippen LogP contribution in [0.25, 0.3) is 0 Å². The molecule has 0 aromatic heterocycles. The molecule has 0 aliphatic carbocycles. The molecule has 2 amide bonds. The summed E-state index contributed by atoms with van der Waals surface area (Å²) in [5, 5.41) is 0. The van der Waals surface area contributed by atoms with Gasteiger partial charge in [-0.05, 0) is 36.1 Å². The van der Waals surface area contributed by atoms with Crippen LogP contribution in [0, 0.1) is 24.4 Å². The van der Waals surface area contributed by atoms with E-state index < -0.39 is 28.9 Å². The Morgan fingerprint density at radius 2 is 1.56 bits per heavy atom. The van der Waals surface area contributed by atoms with E-state index in [1.54, 1.807) is 4.90 Å². The molecule has 0 spiro atoms. The number of hydrogen-bond acceptors (Lipinski definition) is 3. The Morgan fingerprint density at radius 3 is 2.19 bits per heavy atom. The number of carbonyl (C=O) groups is 2. The van der Waals surface area contributed by atoms with Crippen molar-refractivity contribution in [2.24, 2.45) is 0 Å². The van der Waals surface area contributed by atoms with Gasteiger partial charge in [-0.15, -0.1) is 0 Å². The molecular formula is C24H27F3N2O3. The van der Waals surface area contributed by atoms with E-state index in [4.69, 9.17) is 4.74 Å². The minimum absolute atomic E-state index is 0.141. The zero-order valence-corrected chi connectivity index (χ0v) is 18.7. The van der Waals surface area contributed by atoms with Crippen LogP contribution in [0.3, 0.4) is 0 Å². The van der Waals surface area contributed by atoms with Gasteiger partial charge in [-0.1, -0.05) is 38.5 Å². The Bertz CT molecular complexity index is 1030. The maximum absolute atomic E-state index is 13.9. The molecular weight excluding hydrogens is 421 g/mol. The number of rotatable bonds is 4. The second-order valence-corrected chi connectivity index (χ2v) is 8.93. The molecule has 32 heavy (non-hydrogen) atoms. The van der Waals surface area contributed by atoms with Gasteiger partial charge < -0.3 is 14.5 Å². The molecule has 8 heteroatoms. The van der Waals surface area contributed by atoms with Crippen LogP contribution in [0.15, 0.2) is 30.3 Å². The van der Waals surface area contributed by atoms with E-state index in [9.17, 15) is 22.8 Å². The van der Waals surface area contributed by atoms with E-state index in [1.165, 1.54) is 4.90 Å². The standard InChI is InChI=1S/C24H27F3N2O3/c1-15-5-8-19(17(13-15)24(2,3)4)32-14-20(30)28-9-11-29(12-10-28)23(31)16-6-7-18(25)22(27)21(16)26/h5-8,13H,9-12,14H2,1-4H3. The van der Waals surface area contributed by atoms with Gasteiger partial charge in [-0.25, -0.2) is 13.2 Å². The Balaban J connectivity index is 1.59. The highest BCUT2D eigenvalue weighted by molar-refractivity contribution is 5.94. The highest BCUT2D eigenvalue weighted by atomic mass is 19.2. The SMILES string of the molecule is Cc1ccc(OCC(=O)N2CCN(C(=O)c3ccc(F)c(F)c3F)CC2)c(C(C)(C)C)c1. The van der Waals surface area contributed by atoms with Gasteiger partial charge >= 0.3 is 0 Å². The lowest BCUT2D eigenvalue weighted by Crippen LogP contribution is -2.51. The molecule has 3 rings (SSSR count). The molecule has 0 N–H and O–H groups in total. The third-order valence-electron chi connectivity index (χ3n) is 5.48. The first-order chi connectivity index (χ1) is 15.0. The monoisotopic (exact) mass is 448 g/mol. The van der Waals surface area contributed by atoms with Gasteiger partial charge in [0.2, 0.25) is 0 Å². The second-order valence-electron chi connectivity index (χ2n) is 8.93. The summed E-state index contributed by atoms with van der Waals surface area (Å²) in [6.07, 6.45) is 0. The van der Waals surface area contributed by atoms with E-state index in [-0.39, 0.29) is 44.1 Å². The molecule has 5 nitrogen and oxygen atoms in total. The van der Waals surface area contributed by atoms with Gasteiger partial charge in [0.05, 0.1) is 5.56 Å². The summed E-state index contributed by atoms with van der Waals surface area (Å²) in [6.45, 7) is 8.85. The lowest BCUT2D eigenvalue weighted by molar-refractivity contribution is -0.134. The van der Waals surface area contributed by atoms with Crippen molar-refractivity contribution in [3.05, 3.63) is 64.5 Å². The van der Waals surface area contributed by atoms with Crippen molar-refractivity contribution in [3.63, 3.8) is 0 Å². The van der Waals surface area contributed by atoms with E-state index >= 15 is 0 Å². The van der Waals surface area contributed by atoms with Gasteiger partial charge in [0.1, 0.15) is 5.75 Å². The molecule has 1 fully saturated rings. The molecule has 2 aromatic carbocycles. The molecule has 0 radical (unpaired) electrons. The predicted molar refractivity (Wildman–Crippen MR) is 114 cm³/mol. The summed E-state index contributed by atoms with van der Waals surface area (Å²) in [4.78, 5) is 28.0. The molecule has 2 aromatic rings. The van der Waals surface area contributed by atoms with Gasteiger partial charge in [-0.3, -0.25) is 9.59 Å². The fourth-order valence-corrected chi connectivity index (χ4v) is 3.61. The average molecular weight is 448 g/mol. The third-order valence-corrected chi connectivity index (χ3v) is 5.48. The van der Waals surface area contributed by atoms with Crippen molar-refractivity contribution >= 4 is 11.8 Å². The van der Waals surface area contributed by atoms with Crippen LogP contribution in [0.1, 0.15) is 42.3 Å². The number of ether oxygens (including phenoxy) is 1. The summed E-state index contributed by atoms with van der Waals surface area (Å²) in [6, 6.07) is 7.48. The molecule has 172 valence electrons. The minimum atomic E-state index is -1.67. The highest BCUT2D eigenvalue weighted by Crippen LogP contribution is 2.32. The van der Waals surface area contributed by atoms with Gasteiger partial charge in [0, 0.05) is 26.2 Å². The molecule has 0 unspecified atom stereocenters. The minimum Gasteiger partial charge on any atom is -0.483 e. The van der Waals surface area contributed by atoms with Crippen LogP contribution >= 0.6 is 0 Å². The second kappa shape index (κ2) is 9.22. The molecule has 1 saturated heterocycles. The first-order valence-corrected chi connectivity index (χ1v) is 10.4.